The van der Waals surface area contributed by atoms with Gasteiger partial charge >= 0.3 is 0 Å². The van der Waals surface area contributed by atoms with Gasteiger partial charge < -0.3 is 4.55 Å². The molecule has 0 fully saturated rings. The van der Waals surface area contributed by atoms with Crippen molar-refractivity contribution >= 4 is 11.1 Å². The molecule has 0 bridgehead atoms. The summed E-state index contributed by atoms with van der Waals surface area (Å²) in [6.07, 6.45) is 0. The molecular formula is C11H15O2S-. The van der Waals surface area contributed by atoms with Gasteiger partial charge in [0.15, 0.2) is 0 Å². The highest BCUT2D eigenvalue weighted by atomic mass is 32.2. The molecule has 3 heteroatoms. The third kappa shape index (κ3) is 2.66. The Balaban J connectivity index is 3.28. The Hall–Kier alpha value is -0.670. The van der Waals surface area contributed by atoms with Crippen molar-refractivity contribution in [2.45, 2.75) is 38.0 Å². The fourth-order valence-electron chi connectivity index (χ4n) is 1.28. The van der Waals surface area contributed by atoms with Gasteiger partial charge in [-0.15, -0.1) is 0 Å². The molecule has 0 N–H and O–H groups in total. The topological polar surface area (TPSA) is 40.1 Å². The Morgan fingerprint density at radius 1 is 1.21 bits per heavy atom. The standard InChI is InChI=1S/C11H16O2S/c1-8-5-9(11(2,3)4)7-10(6-8)14(12)13/h5-7H,1-4H3,(H,12,13)/p-1. The van der Waals surface area contributed by atoms with E-state index in [0.717, 1.165) is 11.1 Å². The molecular weight excluding hydrogens is 196 g/mol. The molecule has 1 rings (SSSR count). The molecule has 1 aromatic carbocycles. The average molecular weight is 211 g/mol. The minimum atomic E-state index is -2.13. The predicted molar refractivity (Wildman–Crippen MR) is 57.1 cm³/mol. The molecule has 14 heavy (non-hydrogen) atoms. The molecule has 0 aliphatic rings. The van der Waals surface area contributed by atoms with Crippen LogP contribution in [0.1, 0.15) is 31.9 Å². The molecule has 1 aromatic rings. The molecule has 78 valence electrons. The SMILES string of the molecule is Cc1cc(S(=O)[O-])cc(C(C)(C)C)c1. The van der Waals surface area contributed by atoms with Crippen molar-refractivity contribution in [3.8, 4) is 0 Å². The second-order valence-electron chi connectivity index (χ2n) is 4.52. The number of hydrogen-bond acceptors (Lipinski definition) is 2. The fourth-order valence-corrected chi connectivity index (χ4v) is 1.78. The molecule has 0 amide bonds. The average Bonchev–Trinajstić information content (AvgIpc) is 2.01. The van der Waals surface area contributed by atoms with Crippen LogP contribution in [-0.2, 0) is 16.5 Å². The van der Waals surface area contributed by atoms with Crippen molar-refractivity contribution in [2.75, 3.05) is 0 Å². The van der Waals surface area contributed by atoms with E-state index in [1.54, 1.807) is 12.1 Å². The molecule has 0 radical (unpaired) electrons. The summed E-state index contributed by atoms with van der Waals surface area (Å²) in [5.74, 6) is 0. The monoisotopic (exact) mass is 211 g/mol. The van der Waals surface area contributed by atoms with Crippen LogP contribution >= 0.6 is 0 Å². The number of benzene rings is 1. The van der Waals surface area contributed by atoms with Gasteiger partial charge in [-0.1, -0.05) is 26.8 Å². The summed E-state index contributed by atoms with van der Waals surface area (Å²) in [5, 5.41) is 0. The largest absolute Gasteiger partial charge is 0.768 e. The van der Waals surface area contributed by atoms with Gasteiger partial charge in [0.05, 0.1) is 0 Å². The Morgan fingerprint density at radius 2 is 1.79 bits per heavy atom. The number of aryl methyl sites for hydroxylation is 1. The maximum Gasteiger partial charge on any atom is 0.0254 e. The third-order valence-electron chi connectivity index (χ3n) is 2.11. The molecule has 0 heterocycles. The van der Waals surface area contributed by atoms with Crippen LogP contribution < -0.4 is 0 Å². The Bertz CT molecular complexity index is 364. The van der Waals surface area contributed by atoms with Gasteiger partial charge in [-0.05, 0) is 46.7 Å². The summed E-state index contributed by atoms with van der Waals surface area (Å²) >= 11 is -2.13. The second-order valence-corrected chi connectivity index (χ2v) is 5.46. The van der Waals surface area contributed by atoms with Gasteiger partial charge in [0.1, 0.15) is 0 Å². The zero-order valence-electron chi connectivity index (χ0n) is 8.96. The van der Waals surface area contributed by atoms with E-state index in [0.29, 0.717) is 4.90 Å². The van der Waals surface area contributed by atoms with Crippen molar-refractivity contribution in [1.82, 2.24) is 0 Å². The smallest absolute Gasteiger partial charge is 0.0254 e. The zero-order chi connectivity index (χ0) is 10.9. The van der Waals surface area contributed by atoms with Gasteiger partial charge in [0.2, 0.25) is 0 Å². The van der Waals surface area contributed by atoms with E-state index in [9.17, 15) is 8.76 Å². The summed E-state index contributed by atoms with van der Waals surface area (Å²) in [7, 11) is 0. The lowest BCUT2D eigenvalue weighted by Crippen LogP contribution is -2.12. The first-order valence-corrected chi connectivity index (χ1v) is 5.59. The van der Waals surface area contributed by atoms with E-state index in [4.69, 9.17) is 0 Å². The molecule has 1 atom stereocenters. The van der Waals surface area contributed by atoms with Crippen LogP contribution in [0.3, 0.4) is 0 Å². The van der Waals surface area contributed by atoms with Crippen molar-refractivity contribution < 1.29 is 8.76 Å². The lowest BCUT2D eigenvalue weighted by Gasteiger charge is -2.21. The summed E-state index contributed by atoms with van der Waals surface area (Å²) in [4.78, 5) is 0.370. The van der Waals surface area contributed by atoms with Crippen molar-refractivity contribution in [3.63, 3.8) is 0 Å². The van der Waals surface area contributed by atoms with Crippen LogP contribution in [0.15, 0.2) is 23.1 Å². The second kappa shape index (κ2) is 3.83. The number of hydrogen-bond donors (Lipinski definition) is 0. The summed E-state index contributed by atoms with van der Waals surface area (Å²) in [5.41, 5.74) is 2.02. The fraction of sp³-hybridized carbons (Fsp3) is 0.455. The molecule has 2 nitrogen and oxygen atoms in total. The number of rotatable bonds is 1. The first-order valence-electron chi connectivity index (χ1n) is 4.52. The normalized spacial score (nSPS) is 14.1. The lowest BCUT2D eigenvalue weighted by atomic mass is 9.86. The van der Waals surface area contributed by atoms with E-state index >= 15 is 0 Å². The minimum absolute atomic E-state index is 0.0137. The molecule has 0 saturated heterocycles. The first kappa shape index (κ1) is 11.4. The summed E-state index contributed by atoms with van der Waals surface area (Å²) in [6, 6.07) is 5.44. The molecule has 0 aliphatic carbocycles. The van der Waals surface area contributed by atoms with Gasteiger partial charge in [-0.25, -0.2) is 0 Å². The predicted octanol–water partition coefficient (Wildman–Crippen LogP) is 2.53. The van der Waals surface area contributed by atoms with Gasteiger partial charge in [0, 0.05) is 4.90 Å². The highest BCUT2D eigenvalue weighted by Gasteiger charge is 2.14. The molecule has 0 saturated carbocycles. The van der Waals surface area contributed by atoms with E-state index in [1.165, 1.54) is 0 Å². The van der Waals surface area contributed by atoms with Gasteiger partial charge in [-0.2, -0.15) is 0 Å². The molecule has 0 aromatic heterocycles. The molecule has 0 spiro atoms. The van der Waals surface area contributed by atoms with Crippen LogP contribution in [-0.4, -0.2) is 8.76 Å². The minimum Gasteiger partial charge on any atom is -0.768 e. The Labute approximate surface area is 87.6 Å². The van der Waals surface area contributed by atoms with Crippen molar-refractivity contribution in [2.24, 2.45) is 0 Å². The summed E-state index contributed by atoms with van der Waals surface area (Å²) < 4.78 is 21.7. The first-order chi connectivity index (χ1) is 6.30. The molecule has 0 aliphatic heterocycles. The third-order valence-corrected chi connectivity index (χ3v) is 2.73. The highest BCUT2D eigenvalue weighted by molar-refractivity contribution is 7.79. The summed E-state index contributed by atoms with van der Waals surface area (Å²) in [6.45, 7) is 8.11. The van der Waals surface area contributed by atoms with Gasteiger partial charge in [0.25, 0.3) is 0 Å². The van der Waals surface area contributed by atoms with Crippen molar-refractivity contribution in [3.05, 3.63) is 29.3 Å². The highest BCUT2D eigenvalue weighted by Crippen LogP contribution is 2.25. The lowest BCUT2D eigenvalue weighted by molar-refractivity contribution is 0.535. The van der Waals surface area contributed by atoms with Crippen molar-refractivity contribution in [1.29, 1.82) is 0 Å². The van der Waals surface area contributed by atoms with Crippen LogP contribution in [0.5, 0.6) is 0 Å². The van der Waals surface area contributed by atoms with E-state index in [-0.39, 0.29) is 5.41 Å². The van der Waals surface area contributed by atoms with Crippen LogP contribution in [0.4, 0.5) is 0 Å². The Kier molecular flexibility index (Phi) is 3.12. The zero-order valence-corrected chi connectivity index (χ0v) is 9.77. The van der Waals surface area contributed by atoms with E-state index in [1.807, 2.05) is 13.0 Å². The van der Waals surface area contributed by atoms with Crippen LogP contribution in [0.25, 0.3) is 0 Å². The maximum absolute atomic E-state index is 10.8. The van der Waals surface area contributed by atoms with Crippen LogP contribution in [0.2, 0.25) is 0 Å². The van der Waals surface area contributed by atoms with Gasteiger partial charge in [-0.3, -0.25) is 4.21 Å². The van der Waals surface area contributed by atoms with E-state index in [2.05, 4.69) is 20.8 Å². The molecule has 1 unspecified atom stereocenters. The maximum atomic E-state index is 10.8. The van der Waals surface area contributed by atoms with E-state index < -0.39 is 11.1 Å². The van der Waals surface area contributed by atoms with Crippen LogP contribution in [0, 0.1) is 6.92 Å². The Morgan fingerprint density at radius 3 is 2.21 bits per heavy atom. The quantitative estimate of drug-likeness (QED) is 0.670.